The molecule has 2 N–H and O–H groups in total. The molecule has 20 heavy (non-hydrogen) atoms. The molecule has 1 aromatic heterocycles. The number of nitro benzene ring substituents is 1. The smallest absolute Gasteiger partial charge is 0.269 e. The summed E-state index contributed by atoms with van der Waals surface area (Å²) in [5.74, 6) is 1.68. The van der Waals surface area contributed by atoms with Crippen LogP contribution < -0.4 is 5.73 Å². The maximum atomic E-state index is 10.6. The van der Waals surface area contributed by atoms with Gasteiger partial charge in [-0.3, -0.25) is 10.1 Å². The van der Waals surface area contributed by atoms with Crippen LogP contribution in [0.3, 0.4) is 0 Å². The van der Waals surface area contributed by atoms with Gasteiger partial charge >= 0.3 is 0 Å². The van der Waals surface area contributed by atoms with Crippen molar-refractivity contribution in [1.82, 2.24) is 10.1 Å². The van der Waals surface area contributed by atoms with Crippen LogP contribution in [0.5, 0.6) is 0 Å². The van der Waals surface area contributed by atoms with Crippen LogP contribution >= 0.6 is 11.8 Å². The summed E-state index contributed by atoms with van der Waals surface area (Å²) in [5, 5.41) is 14.4. The van der Waals surface area contributed by atoms with E-state index in [-0.39, 0.29) is 11.7 Å². The number of non-ortho nitro benzene ring substituents is 1. The van der Waals surface area contributed by atoms with Gasteiger partial charge in [0.05, 0.1) is 11.0 Å². The Morgan fingerprint density at radius 2 is 2.15 bits per heavy atom. The van der Waals surface area contributed by atoms with E-state index in [1.807, 2.05) is 6.26 Å². The first-order chi connectivity index (χ1) is 9.61. The number of thioether (sulfide) groups is 1. The molecule has 0 unspecified atom stereocenters. The molecule has 0 aliphatic carbocycles. The van der Waals surface area contributed by atoms with Crippen molar-refractivity contribution in [2.24, 2.45) is 5.73 Å². The van der Waals surface area contributed by atoms with Gasteiger partial charge in [0, 0.05) is 17.7 Å². The average molecular weight is 294 g/mol. The van der Waals surface area contributed by atoms with Gasteiger partial charge in [0.15, 0.2) is 0 Å². The molecule has 8 heteroatoms. The average Bonchev–Trinajstić information content (AvgIpc) is 2.94. The van der Waals surface area contributed by atoms with Crippen LogP contribution in [-0.2, 0) is 0 Å². The van der Waals surface area contributed by atoms with Gasteiger partial charge in [-0.1, -0.05) is 5.16 Å². The van der Waals surface area contributed by atoms with Gasteiger partial charge in [-0.15, -0.1) is 0 Å². The molecule has 0 fully saturated rings. The third-order valence-electron chi connectivity index (χ3n) is 2.73. The fourth-order valence-corrected chi connectivity index (χ4v) is 2.09. The largest absolute Gasteiger partial charge is 0.337 e. The summed E-state index contributed by atoms with van der Waals surface area (Å²) in [6.07, 6.45) is 2.76. The van der Waals surface area contributed by atoms with E-state index in [1.165, 1.54) is 12.1 Å². The second-order valence-corrected chi connectivity index (χ2v) is 5.13. The van der Waals surface area contributed by atoms with E-state index in [9.17, 15) is 10.1 Å². The molecule has 0 spiro atoms. The lowest BCUT2D eigenvalue weighted by atomic mass is 10.2. The van der Waals surface area contributed by atoms with Crippen molar-refractivity contribution >= 4 is 17.4 Å². The number of hydrogen-bond acceptors (Lipinski definition) is 7. The first-order valence-corrected chi connectivity index (χ1v) is 7.34. The van der Waals surface area contributed by atoms with Crippen molar-refractivity contribution in [2.45, 2.75) is 12.5 Å². The summed E-state index contributed by atoms with van der Waals surface area (Å²) in [5.41, 5.74) is 6.62. The first-order valence-electron chi connectivity index (χ1n) is 5.94. The molecule has 2 rings (SSSR count). The maximum Gasteiger partial charge on any atom is 0.269 e. The fraction of sp³-hybridized carbons (Fsp3) is 0.333. The monoisotopic (exact) mass is 294 g/mol. The highest BCUT2D eigenvalue weighted by atomic mass is 32.2. The van der Waals surface area contributed by atoms with Crippen molar-refractivity contribution in [2.75, 3.05) is 12.0 Å². The van der Waals surface area contributed by atoms with Crippen LogP contribution in [0.2, 0.25) is 0 Å². The standard InChI is InChI=1S/C12H14N4O3S/c1-20-7-6-10(13)12-14-11(15-19-12)8-2-4-9(5-3-8)16(17)18/h2-5,10H,6-7,13H2,1H3/t10-/m0/s1. The Hall–Kier alpha value is -1.93. The van der Waals surface area contributed by atoms with Crippen LogP contribution in [0.25, 0.3) is 11.4 Å². The topological polar surface area (TPSA) is 108 Å². The van der Waals surface area contributed by atoms with Crippen molar-refractivity contribution in [1.29, 1.82) is 0 Å². The highest BCUT2D eigenvalue weighted by Crippen LogP contribution is 2.22. The minimum atomic E-state index is -0.455. The molecular formula is C12H14N4O3S. The van der Waals surface area contributed by atoms with Crippen LogP contribution in [0.15, 0.2) is 28.8 Å². The van der Waals surface area contributed by atoms with Gasteiger partial charge in [-0.05, 0) is 30.6 Å². The van der Waals surface area contributed by atoms with E-state index < -0.39 is 4.92 Å². The van der Waals surface area contributed by atoms with Gasteiger partial charge < -0.3 is 10.3 Å². The van der Waals surface area contributed by atoms with Crippen LogP contribution in [0, 0.1) is 10.1 Å². The Morgan fingerprint density at radius 1 is 1.45 bits per heavy atom. The lowest BCUT2D eigenvalue weighted by molar-refractivity contribution is -0.384. The molecular weight excluding hydrogens is 280 g/mol. The number of aromatic nitrogens is 2. The number of nitrogens with two attached hydrogens (primary N) is 1. The van der Waals surface area contributed by atoms with Gasteiger partial charge in [0.1, 0.15) is 0 Å². The first kappa shape index (κ1) is 14.5. The highest BCUT2D eigenvalue weighted by Gasteiger charge is 2.16. The van der Waals surface area contributed by atoms with Crippen molar-refractivity contribution < 1.29 is 9.45 Å². The molecule has 1 heterocycles. The van der Waals surface area contributed by atoms with Gasteiger partial charge in [-0.25, -0.2) is 0 Å². The zero-order valence-electron chi connectivity index (χ0n) is 10.9. The summed E-state index contributed by atoms with van der Waals surface area (Å²) in [4.78, 5) is 14.4. The van der Waals surface area contributed by atoms with E-state index >= 15 is 0 Å². The maximum absolute atomic E-state index is 10.6. The highest BCUT2D eigenvalue weighted by molar-refractivity contribution is 7.98. The predicted molar refractivity (Wildman–Crippen MR) is 76.3 cm³/mol. The zero-order chi connectivity index (χ0) is 14.5. The SMILES string of the molecule is CSCC[C@H](N)c1nc(-c2ccc([N+](=O)[O-])cc2)no1. The quantitative estimate of drug-likeness (QED) is 0.643. The van der Waals surface area contributed by atoms with Gasteiger partial charge in [0.2, 0.25) is 11.7 Å². The molecule has 0 amide bonds. The number of benzene rings is 1. The Kier molecular flexibility index (Phi) is 4.70. The molecule has 1 aromatic carbocycles. The number of nitro groups is 1. The van der Waals surface area contributed by atoms with Gasteiger partial charge in [0.25, 0.3) is 5.69 Å². The van der Waals surface area contributed by atoms with E-state index in [0.29, 0.717) is 17.3 Å². The van der Waals surface area contributed by atoms with Crippen LogP contribution in [-0.4, -0.2) is 27.1 Å². The number of rotatable bonds is 6. The molecule has 0 saturated heterocycles. The summed E-state index contributed by atoms with van der Waals surface area (Å²) in [7, 11) is 0. The van der Waals surface area contributed by atoms with E-state index in [4.69, 9.17) is 10.3 Å². The predicted octanol–water partition coefficient (Wildman–Crippen LogP) is 2.40. The lowest BCUT2D eigenvalue weighted by Crippen LogP contribution is -2.11. The Bertz CT molecular complexity index is 585. The summed E-state index contributed by atoms with van der Waals surface area (Å²) in [6, 6.07) is 5.68. The van der Waals surface area contributed by atoms with E-state index in [2.05, 4.69) is 10.1 Å². The minimum absolute atomic E-state index is 0.0224. The Balaban J connectivity index is 2.13. The Labute approximate surface area is 119 Å². The minimum Gasteiger partial charge on any atom is -0.337 e. The van der Waals surface area contributed by atoms with E-state index in [0.717, 1.165) is 12.2 Å². The third kappa shape index (κ3) is 3.34. The van der Waals surface area contributed by atoms with E-state index in [1.54, 1.807) is 23.9 Å². The molecule has 106 valence electrons. The number of hydrogen-bond donors (Lipinski definition) is 1. The molecule has 0 saturated carbocycles. The second kappa shape index (κ2) is 6.49. The molecule has 2 aromatic rings. The summed E-state index contributed by atoms with van der Waals surface area (Å²) in [6.45, 7) is 0. The summed E-state index contributed by atoms with van der Waals surface area (Å²) < 4.78 is 5.13. The zero-order valence-corrected chi connectivity index (χ0v) is 11.7. The molecule has 0 aliphatic heterocycles. The van der Waals surface area contributed by atoms with Crippen LogP contribution in [0.4, 0.5) is 5.69 Å². The normalized spacial score (nSPS) is 12.3. The molecule has 1 atom stereocenters. The van der Waals surface area contributed by atoms with Gasteiger partial charge in [-0.2, -0.15) is 16.7 Å². The van der Waals surface area contributed by atoms with Crippen molar-refractivity contribution in [3.8, 4) is 11.4 Å². The second-order valence-electron chi connectivity index (χ2n) is 4.15. The molecule has 0 aliphatic rings. The molecule has 0 bridgehead atoms. The van der Waals surface area contributed by atoms with Crippen molar-refractivity contribution in [3.63, 3.8) is 0 Å². The molecule has 0 radical (unpaired) electrons. The summed E-state index contributed by atoms with van der Waals surface area (Å²) >= 11 is 1.70. The number of nitrogens with zero attached hydrogens (tertiary/aromatic N) is 3. The fourth-order valence-electron chi connectivity index (χ4n) is 1.60. The lowest BCUT2D eigenvalue weighted by Gasteiger charge is -2.03. The molecule has 7 nitrogen and oxygen atoms in total. The van der Waals surface area contributed by atoms with Crippen molar-refractivity contribution in [3.05, 3.63) is 40.3 Å². The van der Waals surface area contributed by atoms with Crippen LogP contribution in [0.1, 0.15) is 18.4 Å². The Morgan fingerprint density at radius 3 is 2.75 bits per heavy atom. The third-order valence-corrected chi connectivity index (χ3v) is 3.37.